The Morgan fingerprint density at radius 2 is 1.79 bits per heavy atom. The van der Waals surface area contributed by atoms with Gasteiger partial charge in [0, 0.05) is 75.6 Å². The van der Waals surface area contributed by atoms with E-state index in [9.17, 15) is 4.79 Å². The van der Waals surface area contributed by atoms with E-state index >= 15 is 0 Å². The van der Waals surface area contributed by atoms with Crippen LogP contribution in [-0.2, 0) is 16.0 Å². The summed E-state index contributed by atoms with van der Waals surface area (Å²) >= 11 is 0. The molecule has 0 aromatic carbocycles. The van der Waals surface area contributed by atoms with E-state index in [1.54, 1.807) is 0 Å². The number of hydrogen-bond donors (Lipinski definition) is 1. The molecule has 1 aromatic heterocycles. The first-order valence-corrected chi connectivity index (χ1v) is 13.6. The Morgan fingerprint density at radius 1 is 1.03 bits per heavy atom. The molecule has 1 saturated carbocycles. The molecule has 7 heteroatoms. The third kappa shape index (κ3) is 5.85. The average Bonchev–Trinajstić information content (AvgIpc) is 3.36. The number of carbonyl (C=O) groups excluding carboxylic acids is 1. The molecule has 188 valence electrons. The SMILES string of the molecule is Cc1cnc(N2CCN(CC[C@H]3CC[C@H](NC(=O)CC4CCOCC4)CC3)CC2)c2c1OCC2. The summed E-state index contributed by atoms with van der Waals surface area (Å²) in [6.45, 7) is 10.0. The number of rotatable bonds is 7. The molecule has 3 aliphatic heterocycles. The topological polar surface area (TPSA) is 66.9 Å². The second-order valence-electron chi connectivity index (χ2n) is 10.8. The second-order valence-corrected chi connectivity index (χ2v) is 10.8. The summed E-state index contributed by atoms with van der Waals surface area (Å²) in [6.07, 6.45) is 11.8. The molecule has 0 unspecified atom stereocenters. The van der Waals surface area contributed by atoms with E-state index < -0.39 is 0 Å². The molecule has 0 spiro atoms. The second kappa shape index (κ2) is 11.3. The van der Waals surface area contributed by atoms with Crippen LogP contribution >= 0.6 is 0 Å². The van der Waals surface area contributed by atoms with Crippen molar-refractivity contribution in [2.24, 2.45) is 11.8 Å². The van der Waals surface area contributed by atoms with Gasteiger partial charge in [-0.1, -0.05) is 0 Å². The van der Waals surface area contributed by atoms with Gasteiger partial charge in [-0.15, -0.1) is 0 Å². The van der Waals surface area contributed by atoms with E-state index in [1.165, 1.54) is 31.4 Å². The molecule has 1 aromatic rings. The third-order valence-electron chi connectivity index (χ3n) is 8.43. The molecule has 4 aliphatic rings. The first-order valence-electron chi connectivity index (χ1n) is 13.6. The molecule has 0 atom stereocenters. The fraction of sp³-hybridized carbons (Fsp3) is 0.778. The van der Waals surface area contributed by atoms with Gasteiger partial charge >= 0.3 is 0 Å². The standard InChI is InChI=1S/C27H42N4O3/c1-20-19-28-27(24-9-17-34-26(20)24)31-13-11-30(12-14-31)10-6-21-2-4-23(5-3-21)29-25(32)18-22-7-15-33-16-8-22/h19,21-23H,2-18H2,1H3,(H,29,32)/t21-,23-. The van der Waals surface area contributed by atoms with Crippen molar-refractivity contribution >= 4 is 11.7 Å². The quantitative estimate of drug-likeness (QED) is 0.659. The van der Waals surface area contributed by atoms with Crippen LogP contribution in [0, 0.1) is 18.8 Å². The Kier molecular flexibility index (Phi) is 7.90. The summed E-state index contributed by atoms with van der Waals surface area (Å²) in [5, 5.41) is 3.32. The molecule has 3 fully saturated rings. The van der Waals surface area contributed by atoms with Crippen LogP contribution < -0.4 is 15.0 Å². The molecule has 4 heterocycles. The van der Waals surface area contributed by atoms with E-state index in [1.807, 2.05) is 6.20 Å². The maximum Gasteiger partial charge on any atom is 0.220 e. The number of aromatic nitrogens is 1. The zero-order valence-electron chi connectivity index (χ0n) is 20.9. The van der Waals surface area contributed by atoms with Crippen molar-refractivity contribution in [2.75, 3.05) is 57.4 Å². The highest BCUT2D eigenvalue weighted by Crippen LogP contribution is 2.35. The lowest BCUT2D eigenvalue weighted by Gasteiger charge is -2.37. The minimum Gasteiger partial charge on any atom is -0.492 e. The highest BCUT2D eigenvalue weighted by molar-refractivity contribution is 5.76. The number of nitrogens with zero attached hydrogens (tertiary/aromatic N) is 3. The molecule has 2 saturated heterocycles. The molecule has 34 heavy (non-hydrogen) atoms. The first kappa shape index (κ1) is 23.9. The minimum absolute atomic E-state index is 0.258. The summed E-state index contributed by atoms with van der Waals surface area (Å²) in [5.74, 6) is 3.80. The van der Waals surface area contributed by atoms with Crippen LogP contribution in [0.4, 0.5) is 5.82 Å². The van der Waals surface area contributed by atoms with Crippen LogP contribution in [-0.4, -0.2) is 74.4 Å². The molecular formula is C27H42N4O3. The van der Waals surface area contributed by atoms with Crippen molar-refractivity contribution in [2.45, 2.75) is 70.8 Å². The maximum absolute atomic E-state index is 12.4. The van der Waals surface area contributed by atoms with Crippen molar-refractivity contribution < 1.29 is 14.3 Å². The summed E-state index contributed by atoms with van der Waals surface area (Å²) in [4.78, 5) is 22.3. The number of aryl methyl sites for hydroxylation is 1. The van der Waals surface area contributed by atoms with Crippen molar-refractivity contribution in [3.05, 3.63) is 17.3 Å². The molecule has 1 amide bonds. The predicted molar refractivity (Wildman–Crippen MR) is 133 cm³/mol. The molecule has 0 radical (unpaired) electrons. The number of carbonyl (C=O) groups is 1. The summed E-state index contributed by atoms with van der Waals surface area (Å²) in [5.41, 5.74) is 2.47. The normalized spacial score (nSPS) is 26.2. The Balaban J connectivity index is 0.991. The number of fused-ring (bicyclic) bond motifs is 1. The van der Waals surface area contributed by atoms with Gasteiger partial charge in [0.2, 0.25) is 5.91 Å². The van der Waals surface area contributed by atoms with Crippen LogP contribution in [0.1, 0.15) is 62.5 Å². The lowest BCUT2D eigenvalue weighted by molar-refractivity contribution is -0.123. The molecule has 1 aliphatic carbocycles. The largest absolute Gasteiger partial charge is 0.492 e. The Labute approximate surface area is 204 Å². The maximum atomic E-state index is 12.4. The van der Waals surface area contributed by atoms with Crippen molar-refractivity contribution in [1.82, 2.24) is 15.2 Å². The first-order chi connectivity index (χ1) is 16.7. The van der Waals surface area contributed by atoms with E-state index in [0.717, 1.165) is 101 Å². The summed E-state index contributed by atoms with van der Waals surface area (Å²) < 4.78 is 11.3. The average molecular weight is 471 g/mol. The fourth-order valence-corrected chi connectivity index (χ4v) is 6.23. The molecular weight excluding hydrogens is 428 g/mol. The minimum atomic E-state index is 0.258. The molecule has 7 nitrogen and oxygen atoms in total. The Morgan fingerprint density at radius 3 is 2.56 bits per heavy atom. The molecule has 1 N–H and O–H groups in total. The number of pyridine rings is 1. The monoisotopic (exact) mass is 470 g/mol. The number of nitrogens with one attached hydrogen (secondary N) is 1. The third-order valence-corrected chi connectivity index (χ3v) is 8.43. The number of ether oxygens (including phenoxy) is 2. The van der Waals surface area contributed by atoms with E-state index in [-0.39, 0.29) is 5.91 Å². The van der Waals surface area contributed by atoms with Gasteiger partial charge in [0.25, 0.3) is 0 Å². The van der Waals surface area contributed by atoms with Gasteiger partial charge in [0.1, 0.15) is 11.6 Å². The lowest BCUT2D eigenvalue weighted by atomic mass is 9.83. The lowest BCUT2D eigenvalue weighted by Crippen LogP contribution is -2.47. The van der Waals surface area contributed by atoms with Crippen molar-refractivity contribution in [3.8, 4) is 5.75 Å². The van der Waals surface area contributed by atoms with Crippen molar-refractivity contribution in [3.63, 3.8) is 0 Å². The van der Waals surface area contributed by atoms with Gasteiger partial charge < -0.3 is 19.7 Å². The van der Waals surface area contributed by atoms with E-state index in [4.69, 9.17) is 14.5 Å². The smallest absolute Gasteiger partial charge is 0.220 e. The van der Waals surface area contributed by atoms with E-state index in [2.05, 4.69) is 22.0 Å². The van der Waals surface area contributed by atoms with Crippen LogP contribution in [0.5, 0.6) is 5.75 Å². The Bertz CT molecular complexity index is 825. The summed E-state index contributed by atoms with van der Waals surface area (Å²) in [6, 6.07) is 0.389. The van der Waals surface area contributed by atoms with Crippen molar-refractivity contribution in [1.29, 1.82) is 0 Å². The highest BCUT2D eigenvalue weighted by atomic mass is 16.5. The number of piperazine rings is 1. The zero-order valence-corrected chi connectivity index (χ0v) is 20.9. The molecule has 5 rings (SSSR count). The van der Waals surface area contributed by atoms with Crippen LogP contribution in [0.15, 0.2) is 6.20 Å². The van der Waals surface area contributed by atoms with Gasteiger partial charge in [0.05, 0.1) is 6.61 Å². The van der Waals surface area contributed by atoms with E-state index in [0.29, 0.717) is 18.4 Å². The van der Waals surface area contributed by atoms with Gasteiger partial charge in [-0.3, -0.25) is 9.69 Å². The Hall–Kier alpha value is -1.86. The number of amides is 1. The molecule has 0 bridgehead atoms. The highest BCUT2D eigenvalue weighted by Gasteiger charge is 2.27. The zero-order chi connectivity index (χ0) is 23.3. The van der Waals surface area contributed by atoms with Gasteiger partial charge in [-0.05, 0) is 70.3 Å². The van der Waals surface area contributed by atoms with Gasteiger partial charge in [0.15, 0.2) is 0 Å². The van der Waals surface area contributed by atoms with Gasteiger partial charge in [-0.25, -0.2) is 4.98 Å². The van der Waals surface area contributed by atoms with Crippen LogP contribution in [0.25, 0.3) is 0 Å². The number of hydrogen-bond acceptors (Lipinski definition) is 6. The summed E-state index contributed by atoms with van der Waals surface area (Å²) in [7, 11) is 0. The predicted octanol–water partition coefficient (Wildman–Crippen LogP) is 3.33. The van der Waals surface area contributed by atoms with Gasteiger partial charge in [-0.2, -0.15) is 0 Å². The number of anilines is 1. The van der Waals surface area contributed by atoms with Crippen LogP contribution in [0.2, 0.25) is 0 Å². The fourth-order valence-electron chi connectivity index (χ4n) is 6.23. The van der Waals surface area contributed by atoms with Crippen LogP contribution in [0.3, 0.4) is 0 Å².